The quantitative estimate of drug-likeness (QED) is 0.503. The average molecular weight is 110 g/mol. The molecule has 6 heavy (non-hydrogen) atoms. The Bertz CT molecular complexity index is 79.6. The molecule has 0 rings (SSSR count). The smallest absolute Gasteiger partial charge is 0.181 e. The second kappa shape index (κ2) is 2.99. The molecule has 1 atom stereocenters. The highest BCUT2D eigenvalue weighted by Crippen LogP contribution is 1.75. The Labute approximate surface area is 37.0 Å². The molecule has 0 aromatic heterocycles. The lowest BCUT2D eigenvalue weighted by molar-refractivity contribution is 0.573. The summed E-state index contributed by atoms with van der Waals surface area (Å²) >= 11 is -2.12. The van der Waals surface area contributed by atoms with Gasteiger partial charge >= 0.3 is 0 Å². The fourth-order valence-corrected chi connectivity index (χ4v) is 0.132. The summed E-state index contributed by atoms with van der Waals surface area (Å²) in [6.45, 7) is 0. The van der Waals surface area contributed by atoms with Crippen LogP contribution in [0.25, 0.3) is 0 Å². The minimum absolute atomic E-state index is 0.0239. The Hall–Kier alpha value is -0.220. The summed E-state index contributed by atoms with van der Waals surface area (Å²) in [4.78, 5) is 0. The molecule has 0 aromatic rings. The molecule has 0 fully saturated rings. The molecule has 0 aliphatic heterocycles. The highest BCUT2D eigenvalue weighted by atomic mass is 32.2. The van der Waals surface area contributed by atoms with Gasteiger partial charge in [0.1, 0.15) is 0 Å². The zero-order valence-electron chi connectivity index (χ0n) is 2.80. The lowest BCUT2D eigenvalue weighted by atomic mass is 11.2. The summed E-state index contributed by atoms with van der Waals surface area (Å²) in [5.74, 6) is 0. The van der Waals surface area contributed by atoms with Gasteiger partial charge in [-0.05, 0) is 0 Å². The molecular formula is C2H3FO2S. The van der Waals surface area contributed by atoms with E-state index in [2.05, 4.69) is 0 Å². The van der Waals surface area contributed by atoms with Crippen LogP contribution < -0.4 is 0 Å². The van der Waals surface area contributed by atoms with Crippen molar-refractivity contribution >= 4 is 11.1 Å². The second-order valence-electron chi connectivity index (χ2n) is 0.538. The summed E-state index contributed by atoms with van der Waals surface area (Å²) in [7, 11) is 0. The second-order valence-corrected chi connectivity index (χ2v) is 1.36. The summed E-state index contributed by atoms with van der Waals surface area (Å²) in [5.41, 5.74) is 0. The minimum Gasteiger partial charge on any atom is -0.303 e. The molecule has 0 saturated carbocycles. The van der Waals surface area contributed by atoms with Crippen molar-refractivity contribution in [3.63, 3.8) is 0 Å². The molecule has 2 nitrogen and oxygen atoms in total. The van der Waals surface area contributed by atoms with Gasteiger partial charge in [0.05, 0.1) is 11.7 Å². The summed E-state index contributed by atoms with van der Waals surface area (Å²) < 4.78 is 27.8. The fraction of sp³-hybridized carbons (Fsp3) is 0. The van der Waals surface area contributed by atoms with Crippen molar-refractivity contribution in [3.05, 3.63) is 11.7 Å². The molecule has 0 aliphatic carbocycles. The van der Waals surface area contributed by atoms with E-state index >= 15 is 0 Å². The van der Waals surface area contributed by atoms with Gasteiger partial charge in [0.2, 0.25) is 0 Å². The van der Waals surface area contributed by atoms with Gasteiger partial charge in [0.15, 0.2) is 11.1 Å². The SMILES string of the molecule is O=S(O)C=CF. The van der Waals surface area contributed by atoms with Crippen molar-refractivity contribution < 1.29 is 13.2 Å². The van der Waals surface area contributed by atoms with Crippen molar-refractivity contribution in [2.24, 2.45) is 0 Å². The van der Waals surface area contributed by atoms with E-state index in [4.69, 9.17) is 4.55 Å². The van der Waals surface area contributed by atoms with Crippen LogP contribution in [0.5, 0.6) is 0 Å². The lowest BCUT2D eigenvalue weighted by Gasteiger charge is -1.67. The van der Waals surface area contributed by atoms with E-state index in [1.54, 1.807) is 0 Å². The van der Waals surface area contributed by atoms with E-state index in [0.29, 0.717) is 5.41 Å². The Morgan fingerprint density at radius 1 is 1.83 bits per heavy atom. The van der Waals surface area contributed by atoms with Crippen molar-refractivity contribution in [1.82, 2.24) is 0 Å². The fourth-order valence-electron chi connectivity index (χ4n) is 0.0440. The summed E-state index contributed by atoms with van der Waals surface area (Å²) in [6.07, 6.45) is 0.0239. The Kier molecular flexibility index (Phi) is 2.88. The molecule has 0 aromatic carbocycles. The Balaban J connectivity index is 3.30. The van der Waals surface area contributed by atoms with Gasteiger partial charge < -0.3 is 4.55 Å². The molecule has 0 radical (unpaired) electrons. The molecule has 0 amide bonds. The summed E-state index contributed by atoms with van der Waals surface area (Å²) in [6, 6.07) is 0. The molecule has 0 saturated heterocycles. The van der Waals surface area contributed by atoms with Crippen molar-refractivity contribution in [3.8, 4) is 0 Å². The molecule has 36 valence electrons. The predicted molar refractivity (Wildman–Crippen MR) is 21.0 cm³/mol. The molecule has 0 bridgehead atoms. The van der Waals surface area contributed by atoms with Crippen LogP contribution in [0.15, 0.2) is 11.7 Å². The van der Waals surface area contributed by atoms with Crippen LogP contribution in [0.2, 0.25) is 0 Å². The first kappa shape index (κ1) is 5.78. The molecule has 0 heterocycles. The maximum atomic E-state index is 10.7. The standard InChI is InChI=1S/C2H3FO2S/c3-1-2-6(4)5/h1-2H,(H,4,5). The van der Waals surface area contributed by atoms with E-state index in [0.717, 1.165) is 0 Å². The number of hydrogen-bond donors (Lipinski definition) is 1. The van der Waals surface area contributed by atoms with Crippen molar-refractivity contribution in [2.45, 2.75) is 0 Å². The van der Waals surface area contributed by atoms with Crippen LogP contribution >= 0.6 is 0 Å². The van der Waals surface area contributed by atoms with Crippen molar-refractivity contribution in [1.29, 1.82) is 0 Å². The third-order valence-electron chi connectivity index (χ3n) is 0.168. The topological polar surface area (TPSA) is 37.3 Å². The monoisotopic (exact) mass is 110 g/mol. The third kappa shape index (κ3) is 3.78. The minimum atomic E-state index is -2.12. The van der Waals surface area contributed by atoms with Crippen LogP contribution in [-0.2, 0) is 11.1 Å². The normalized spacial score (nSPS) is 15.7. The van der Waals surface area contributed by atoms with Gasteiger partial charge in [-0.15, -0.1) is 0 Å². The first-order valence-corrected chi connectivity index (χ1v) is 2.31. The molecule has 1 N–H and O–H groups in total. The Morgan fingerprint density at radius 2 is 2.33 bits per heavy atom. The zero-order chi connectivity index (χ0) is 4.99. The first-order chi connectivity index (χ1) is 2.77. The van der Waals surface area contributed by atoms with Crippen LogP contribution in [0.3, 0.4) is 0 Å². The lowest BCUT2D eigenvalue weighted by Crippen LogP contribution is -1.72. The molecule has 0 aliphatic rings. The molecule has 0 spiro atoms. The molecular weight excluding hydrogens is 107 g/mol. The van der Waals surface area contributed by atoms with Gasteiger partial charge in [-0.3, -0.25) is 0 Å². The van der Waals surface area contributed by atoms with Gasteiger partial charge in [0.25, 0.3) is 0 Å². The number of hydrogen-bond acceptors (Lipinski definition) is 1. The highest BCUT2D eigenvalue weighted by Gasteiger charge is 1.74. The van der Waals surface area contributed by atoms with E-state index < -0.39 is 11.1 Å². The van der Waals surface area contributed by atoms with Crippen LogP contribution in [-0.4, -0.2) is 8.76 Å². The predicted octanol–water partition coefficient (Wildman–Crippen LogP) is 0.649. The van der Waals surface area contributed by atoms with Gasteiger partial charge in [-0.2, -0.15) is 0 Å². The highest BCUT2D eigenvalue weighted by molar-refractivity contribution is 7.82. The number of rotatable bonds is 1. The molecule has 1 unspecified atom stereocenters. The summed E-state index contributed by atoms with van der Waals surface area (Å²) in [5, 5.41) is 0.528. The van der Waals surface area contributed by atoms with Gasteiger partial charge in [-0.1, -0.05) is 0 Å². The van der Waals surface area contributed by atoms with Gasteiger partial charge in [0, 0.05) is 0 Å². The van der Waals surface area contributed by atoms with E-state index in [9.17, 15) is 8.60 Å². The average Bonchev–Trinajstić information content (AvgIpc) is 1.35. The number of halogens is 1. The molecule has 4 heteroatoms. The maximum absolute atomic E-state index is 10.7. The Morgan fingerprint density at radius 3 is 2.33 bits per heavy atom. The maximum Gasteiger partial charge on any atom is 0.181 e. The van der Waals surface area contributed by atoms with Crippen LogP contribution in [0.1, 0.15) is 0 Å². The van der Waals surface area contributed by atoms with E-state index in [1.807, 2.05) is 0 Å². The van der Waals surface area contributed by atoms with Gasteiger partial charge in [-0.25, -0.2) is 8.60 Å². The van der Waals surface area contributed by atoms with Crippen LogP contribution in [0, 0.1) is 0 Å². The van der Waals surface area contributed by atoms with E-state index in [1.165, 1.54) is 0 Å². The zero-order valence-corrected chi connectivity index (χ0v) is 3.61. The van der Waals surface area contributed by atoms with E-state index in [-0.39, 0.29) is 6.33 Å². The van der Waals surface area contributed by atoms with Crippen LogP contribution in [0.4, 0.5) is 4.39 Å². The first-order valence-electron chi connectivity index (χ1n) is 1.14. The van der Waals surface area contributed by atoms with Crippen molar-refractivity contribution in [2.75, 3.05) is 0 Å². The third-order valence-corrected chi connectivity index (χ3v) is 0.504. The largest absolute Gasteiger partial charge is 0.303 e.